The van der Waals surface area contributed by atoms with E-state index in [0.717, 1.165) is 14.3 Å². The molecule has 7 nitrogen and oxygen atoms in total. The van der Waals surface area contributed by atoms with Crippen LogP contribution in [0.1, 0.15) is 24.5 Å². The lowest BCUT2D eigenvalue weighted by Gasteiger charge is -2.34. The zero-order valence-corrected chi connectivity index (χ0v) is 26.1. The SMILES string of the molecule is CCCNC(=O)[C@H](Cc1ccccc1)N(Cc1ccccc1F)C(=O)CN(c1ccc(Br)cc1)S(=O)(=O)c1ccccc1. The Morgan fingerprint density at radius 3 is 2.09 bits per heavy atom. The highest BCUT2D eigenvalue weighted by Gasteiger charge is 2.34. The number of nitrogens with one attached hydrogen (secondary N) is 1. The van der Waals surface area contributed by atoms with E-state index in [1.807, 2.05) is 37.3 Å². The molecule has 0 aliphatic carbocycles. The quantitative estimate of drug-likeness (QED) is 0.191. The highest BCUT2D eigenvalue weighted by Crippen LogP contribution is 2.26. The summed E-state index contributed by atoms with van der Waals surface area (Å²) in [5, 5.41) is 2.87. The Kier molecular flexibility index (Phi) is 11.1. The number of halogens is 2. The van der Waals surface area contributed by atoms with Gasteiger partial charge in [-0.15, -0.1) is 0 Å². The normalized spacial score (nSPS) is 11.9. The maximum atomic E-state index is 14.9. The zero-order chi connectivity index (χ0) is 30.8. The molecular formula is C33H33BrFN3O4S. The molecule has 43 heavy (non-hydrogen) atoms. The predicted molar refractivity (Wildman–Crippen MR) is 169 cm³/mol. The molecule has 0 radical (unpaired) electrons. The molecular weight excluding hydrogens is 633 g/mol. The van der Waals surface area contributed by atoms with Crippen LogP contribution in [0.3, 0.4) is 0 Å². The fourth-order valence-electron chi connectivity index (χ4n) is 4.59. The molecule has 1 atom stereocenters. The summed E-state index contributed by atoms with van der Waals surface area (Å²) in [5.74, 6) is -1.59. The van der Waals surface area contributed by atoms with Gasteiger partial charge in [-0.3, -0.25) is 13.9 Å². The van der Waals surface area contributed by atoms with E-state index in [0.29, 0.717) is 13.0 Å². The molecule has 1 N–H and O–H groups in total. The van der Waals surface area contributed by atoms with Crippen molar-refractivity contribution in [3.8, 4) is 0 Å². The molecule has 0 saturated carbocycles. The van der Waals surface area contributed by atoms with Crippen molar-refractivity contribution >= 4 is 43.5 Å². The molecule has 0 saturated heterocycles. The van der Waals surface area contributed by atoms with Gasteiger partial charge >= 0.3 is 0 Å². The topological polar surface area (TPSA) is 86.8 Å². The van der Waals surface area contributed by atoms with Crippen molar-refractivity contribution < 1.29 is 22.4 Å². The van der Waals surface area contributed by atoms with Gasteiger partial charge in [-0.1, -0.05) is 89.6 Å². The molecule has 2 amide bonds. The van der Waals surface area contributed by atoms with Gasteiger partial charge in [-0.05, 0) is 54.4 Å². The summed E-state index contributed by atoms with van der Waals surface area (Å²) in [7, 11) is -4.20. The molecule has 0 spiro atoms. The van der Waals surface area contributed by atoms with E-state index in [-0.39, 0.29) is 29.1 Å². The number of sulfonamides is 1. The van der Waals surface area contributed by atoms with E-state index in [1.54, 1.807) is 60.7 Å². The molecule has 4 aromatic carbocycles. The number of carbonyl (C=O) groups is 2. The second kappa shape index (κ2) is 14.9. The third-order valence-electron chi connectivity index (χ3n) is 6.84. The number of benzene rings is 4. The van der Waals surface area contributed by atoms with Gasteiger partial charge in [-0.25, -0.2) is 12.8 Å². The standard InChI is InChI=1S/C33H33BrFN3O4S/c1-2-21-36-33(40)31(22-25-11-5-3-6-12-25)37(23-26-13-9-10-16-30(26)35)32(39)24-38(28-19-17-27(34)18-20-28)43(41,42)29-14-7-4-8-15-29/h3-20,31H,2,21-24H2,1H3,(H,36,40)/t31-/m0/s1. The number of carbonyl (C=O) groups excluding carboxylic acids is 2. The second-order valence-corrected chi connectivity index (χ2v) is 12.7. The van der Waals surface area contributed by atoms with Crippen LogP contribution in [0.4, 0.5) is 10.1 Å². The molecule has 4 aromatic rings. The van der Waals surface area contributed by atoms with Crippen molar-refractivity contribution in [1.82, 2.24) is 10.2 Å². The van der Waals surface area contributed by atoms with Gasteiger partial charge in [0.1, 0.15) is 18.4 Å². The Morgan fingerprint density at radius 1 is 0.860 bits per heavy atom. The summed E-state index contributed by atoms with van der Waals surface area (Å²) in [6.07, 6.45) is 0.831. The van der Waals surface area contributed by atoms with E-state index in [9.17, 15) is 22.4 Å². The first-order chi connectivity index (χ1) is 20.7. The minimum Gasteiger partial charge on any atom is -0.354 e. The summed E-state index contributed by atoms with van der Waals surface area (Å²) >= 11 is 3.37. The summed E-state index contributed by atoms with van der Waals surface area (Å²) in [6, 6.07) is 28.6. The highest BCUT2D eigenvalue weighted by atomic mass is 79.9. The minimum absolute atomic E-state index is 0.00731. The van der Waals surface area contributed by atoms with Crippen molar-refractivity contribution in [1.29, 1.82) is 0 Å². The van der Waals surface area contributed by atoms with Crippen LogP contribution in [-0.4, -0.2) is 44.3 Å². The molecule has 10 heteroatoms. The Bertz CT molecular complexity index is 1620. The first-order valence-electron chi connectivity index (χ1n) is 13.9. The van der Waals surface area contributed by atoms with Crippen LogP contribution in [0.15, 0.2) is 119 Å². The van der Waals surface area contributed by atoms with Crippen LogP contribution in [0, 0.1) is 5.82 Å². The van der Waals surface area contributed by atoms with Gasteiger partial charge in [0.25, 0.3) is 10.0 Å². The fourth-order valence-corrected chi connectivity index (χ4v) is 6.29. The maximum Gasteiger partial charge on any atom is 0.264 e. The third-order valence-corrected chi connectivity index (χ3v) is 9.16. The highest BCUT2D eigenvalue weighted by molar-refractivity contribution is 9.10. The number of nitrogens with zero attached hydrogens (tertiary/aromatic N) is 2. The smallest absolute Gasteiger partial charge is 0.264 e. The lowest BCUT2D eigenvalue weighted by molar-refractivity contribution is -0.140. The first kappa shape index (κ1) is 31.9. The van der Waals surface area contributed by atoms with Crippen molar-refractivity contribution in [3.63, 3.8) is 0 Å². The Hall–Kier alpha value is -4.02. The Balaban J connectivity index is 1.79. The number of hydrogen-bond acceptors (Lipinski definition) is 4. The van der Waals surface area contributed by atoms with Crippen LogP contribution >= 0.6 is 15.9 Å². The summed E-state index contributed by atoms with van der Waals surface area (Å²) in [4.78, 5) is 29.2. The van der Waals surface area contributed by atoms with Gasteiger partial charge in [-0.2, -0.15) is 0 Å². The largest absolute Gasteiger partial charge is 0.354 e. The average molecular weight is 667 g/mol. The molecule has 0 fully saturated rings. The lowest BCUT2D eigenvalue weighted by Crippen LogP contribution is -2.53. The van der Waals surface area contributed by atoms with Crippen molar-refractivity contribution in [2.45, 2.75) is 37.2 Å². The van der Waals surface area contributed by atoms with Crippen LogP contribution in [0.2, 0.25) is 0 Å². The number of anilines is 1. The molecule has 0 aliphatic rings. The zero-order valence-electron chi connectivity index (χ0n) is 23.7. The van der Waals surface area contributed by atoms with Crippen LogP contribution < -0.4 is 9.62 Å². The minimum atomic E-state index is -4.20. The molecule has 0 unspecified atom stereocenters. The molecule has 4 rings (SSSR count). The van der Waals surface area contributed by atoms with Gasteiger partial charge in [0.2, 0.25) is 11.8 Å². The summed E-state index contributed by atoms with van der Waals surface area (Å²) in [5.41, 5.74) is 1.27. The van der Waals surface area contributed by atoms with Gasteiger partial charge in [0.05, 0.1) is 10.6 Å². The predicted octanol–water partition coefficient (Wildman–Crippen LogP) is 5.95. The fraction of sp³-hybridized carbons (Fsp3) is 0.212. The summed E-state index contributed by atoms with van der Waals surface area (Å²) < 4.78 is 44.5. The molecule has 0 aliphatic heterocycles. The Morgan fingerprint density at radius 2 is 1.47 bits per heavy atom. The lowest BCUT2D eigenvalue weighted by atomic mass is 10.0. The summed E-state index contributed by atoms with van der Waals surface area (Å²) in [6.45, 7) is 1.46. The monoisotopic (exact) mass is 665 g/mol. The first-order valence-corrected chi connectivity index (χ1v) is 16.1. The Labute approximate surface area is 260 Å². The number of hydrogen-bond donors (Lipinski definition) is 1. The van der Waals surface area contributed by atoms with E-state index in [4.69, 9.17) is 0 Å². The maximum absolute atomic E-state index is 14.9. The molecule has 0 heterocycles. The van der Waals surface area contributed by atoms with Gasteiger partial charge in [0, 0.05) is 29.5 Å². The molecule has 0 aromatic heterocycles. The molecule has 224 valence electrons. The van der Waals surface area contributed by atoms with Crippen molar-refractivity contribution in [3.05, 3.63) is 131 Å². The van der Waals surface area contributed by atoms with E-state index in [1.165, 1.54) is 23.1 Å². The van der Waals surface area contributed by atoms with E-state index >= 15 is 0 Å². The molecule has 0 bridgehead atoms. The van der Waals surface area contributed by atoms with E-state index < -0.39 is 40.2 Å². The van der Waals surface area contributed by atoms with Crippen LogP contribution in [-0.2, 0) is 32.6 Å². The van der Waals surface area contributed by atoms with Gasteiger partial charge in [0.15, 0.2) is 0 Å². The van der Waals surface area contributed by atoms with E-state index in [2.05, 4.69) is 21.2 Å². The second-order valence-electron chi connectivity index (χ2n) is 9.91. The number of rotatable bonds is 13. The average Bonchev–Trinajstić information content (AvgIpc) is 3.02. The van der Waals surface area contributed by atoms with Crippen molar-refractivity contribution in [2.24, 2.45) is 0 Å². The van der Waals surface area contributed by atoms with Crippen LogP contribution in [0.25, 0.3) is 0 Å². The van der Waals surface area contributed by atoms with Crippen LogP contribution in [0.5, 0.6) is 0 Å². The van der Waals surface area contributed by atoms with Crippen molar-refractivity contribution in [2.75, 3.05) is 17.4 Å². The van der Waals surface area contributed by atoms with Gasteiger partial charge < -0.3 is 10.2 Å². The third kappa shape index (κ3) is 8.30. The number of amides is 2.